The van der Waals surface area contributed by atoms with Gasteiger partial charge >= 0.3 is 5.97 Å². The zero-order valence-electron chi connectivity index (χ0n) is 51.7. The fourth-order valence-corrected chi connectivity index (χ4v) is 10.6. The Labute approximate surface area is 480 Å². The van der Waals surface area contributed by atoms with Gasteiger partial charge in [0.1, 0.15) is 0 Å². The topological polar surface area (TPSA) is 95.9 Å². The average molecular weight is 1080 g/mol. The Morgan fingerprint density at radius 3 is 1.01 bits per heavy atom. The first kappa shape index (κ1) is 74.8. The molecule has 0 rings (SSSR count). The second-order valence-electron chi connectivity index (χ2n) is 23.5. The van der Waals surface area contributed by atoms with Crippen molar-refractivity contribution in [3.05, 3.63) is 48.6 Å². The SMILES string of the molecule is CCCCC/C=C\C/C=C\CCCCCCCC(=O)OCCCCCCCCCCC/C=C\C/C=C\CCCCCCCCCCCC(=O)NC(CO)C(O)CCCCCCCCCCCCCCCCCCCCCC. The summed E-state index contributed by atoms with van der Waals surface area (Å²) < 4.78 is 5.48. The number of hydrogen-bond acceptors (Lipinski definition) is 5. The minimum Gasteiger partial charge on any atom is -0.466 e. The van der Waals surface area contributed by atoms with Gasteiger partial charge in [-0.15, -0.1) is 0 Å². The van der Waals surface area contributed by atoms with Crippen molar-refractivity contribution >= 4 is 11.9 Å². The minimum atomic E-state index is -0.670. The van der Waals surface area contributed by atoms with Gasteiger partial charge in [0.25, 0.3) is 0 Å². The molecular weight excluding hydrogens is 947 g/mol. The fraction of sp³-hybridized carbons (Fsp3) is 0.859. The van der Waals surface area contributed by atoms with Gasteiger partial charge in [-0.25, -0.2) is 0 Å². The van der Waals surface area contributed by atoms with E-state index in [9.17, 15) is 19.8 Å². The number of hydrogen-bond donors (Lipinski definition) is 3. The van der Waals surface area contributed by atoms with Crippen LogP contribution in [-0.2, 0) is 14.3 Å². The molecule has 452 valence electrons. The van der Waals surface area contributed by atoms with Crippen molar-refractivity contribution in [1.82, 2.24) is 5.32 Å². The van der Waals surface area contributed by atoms with E-state index < -0.39 is 12.1 Å². The van der Waals surface area contributed by atoms with Crippen LogP contribution in [0.2, 0.25) is 0 Å². The Kier molecular flexibility index (Phi) is 64.5. The molecular formula is C71H133NO5. The van der Waals surface area contributed by atoms with E-state index in [-0.39, 0.29) is 18.5 Å². The van der Waals surface area contributed by atoms with Gasteiger partial charge in [-0.2, -0.15) is 0 Å². The van der Waals surface area contributed by atoms with Crippen molar-refractivity contribution in [2.24, 2.45) is 0 Å². The Morgan fingerprint density at radius 1 is 0.364 bits per heavy atom. The molecule has 0 radical (unpaired) electrons. The van der Waals surface area contributed by atoms with Gasteiger partial charge in [-0.05, 0) is 89.9 Å². The van der Waals surface area contributed by atoms with Crippen LogP contribution in [0.25, 0.3) is 0 Å². The third kappa shape index (κ3) is 62.9. The van der Waals surface area contributed by atoms with Gasteiger partial charge in [0, 0.05) is 12.8 Å². The maximum atomic E-state index is 12.5. The standard InChI is InChI=1S/C71H133NO5/c1-3-5-7-9-11-13-15-17-19-20-21-29-32-36-39-43-47-51-55-59-63-69(74)68(67-73)72-70(75)64-60-56-52-48-44-40-37-33-30-27-25-23-22-24-26-28-31-34-38-42-46-50-54-58-62-66-77-71(76)65-61-57-53-49-45-41-35-18-16-14-12-10-8-6-4-2/h12,14,18,23-26,35,68-69,73-74H,3-11,13,15-17,19-22,27-34,36-67H2,1-2H3,(H,72,75)/b14-12-,25-23-,26-24-,35-18-. The molecule has 2 atom stereocenters. The predicted octanol–water partition coefficient (Wildman–Crippen LogP) is 22.1. The minimum absolute atomic E-state index is 0.00486. The molecule has 0 aliphatic carbocycles. The average Bonchev–Trinajstić information content (AvgIpc) is 3.43. The summed E-state index contributed by atoms with van der Waals surface area (Å²) in [5.41, 5.74) is 0. The highest BCUT2D eigenvalue weighted by Crippen LogP contribution is 2.18. The monoisotopic (exact) mass is 1080 g/mol. The van der Waals surface area contributed by atoms with Crippen molar-refractivity contribution in [1.29, 1.82) is 0 Å². The van der Waals surface area contributed by atoms with Gasteiger partial charge in [-0.3, -0.25) is 9.59 Å². The third-order valence-electron chi connectivity index (χ3n) is 15.9. The Bertz CT molecular complexity index is 1290. The van der Waals surface area contributed by atoms with Crippen molar-refractivity contribution in [2.75, 3.05) is 13.2 Å². The molecule has 0 aliphatic rings. The number of allylic oxidation sites excluding steroid dienone is 8. The fourth-order valence-electron chi connectivity index (χ4n) is 10.6. The van der Waals surface area contributed by atoms with Crippen LogP contribution in [0.1, 0.15) is 367 Å². The van der Waals surface area contributed by atoms with Crippen molar-refractivity contribution < 1.29 is 24.5 Å². The summed E-state index contributed by atoms with van der Waals surface area (Å²) in [6.07, 6.45) is 85.7. The molecule has 0 fully saturated rings. The van der Waals surface area contributed by atoms with Crippen LogP contribution < -0.4 is 5.32 Å². The summed E-state index contributed by atoms with van der Waals surface area (Å²) in [5, 5.41) is 23.4. The molecule has 6 heteroatoms. The molecule has 6 nitrogen and oxygen atoms in total. The number of aliphatic hydroxyl groups excluding tert-OH is 2. The highest BCUT2D eigenvalue weighted by Gasteiger charge is 2.20. The van der Waals surface area contributed by atoms with Gasteiger partial charge in [0.05, 0.1) is 25.4 Å². The van der Waals surface area contributed by atoms with Crippen LogP contribution in [0.5, 0.6) is 0 Å². The van der Waals surface area contributed by atoms with E-state index in [1.165, 1.54) is 276 Å². The molecule has 3 N–H and O–H groups in total. The quantitative estimate of drug-likeness (QED) is 0.0320. The van der Waals surface area contributed by atoms with Gasteiger partial charge in [0.2, 0.25) is 5.91 Å². The van der Waals surface area contributed by atoms with Crippen LogP contribution in [-0.4, -0.2) is 47.4 Å². The molecule has 0 bridgehead atoms. The van der Waals surface area contributed by atoms with Crippen molar-refractivity contribution in [2.45, 2.75) is 379 Å². The molecule has 77 heavy (non-hydrogen) atoms. The maximum absolute atomic E-state index is 12.5. The van der Waals surface area contributed by atoms with E-state index in [0.717, 1.165) is 57.8 Å². The molecule has 0 saturated heterocycles. The lowest BCUT2D eigenvalue weighted by atomic mass is 10.0. The van der Waals surface area contributed by atoms with E-state index >= 15 is 0 Å². The van der Waals surface area contributed by atoms with E-state index in [2.05, 4.69) is 67.8 Å². The number of carbonyl (C=O) groups excluding carboxylic acids is 2. The molecule has 0 aliphatic heterocycles. The third-order valence-corrected chi connectivity index (χ3v) is 15.9. The Balaban J connectivity index is 3.44. The number of ether oxygens (including phenoxy) is 1. The summed E-state index contributed by atoms with van der Waals surface area (Å²) in [5.74, 6) is -0.0432. The van der Waals surface area contributed by atoms with Crippen LogP contribution in [0.15, 0.2) is 48.6 Å². The van der Waals surface area contributed by atoms with Gasteiger partial charge < -0.3 is 20.3 Å². The van der Waals surface area contributed by atoms with E-state index in [1.54, 1.807) is 0 Å². The van der Waals surface area contributed by atoms with E-state index in [4.69, 9.17) is 4.74 Å². The van der Waals surface area contributed by atoms with Gasteiger partial charge in [0.15, 0.2) is 0 Å². The van der Waals surface area contributed by atoms with E-state index in [0.29, 0.717) is 25.9 Å². The molecule has 0 spiro atoms. The van der Waals surface area contributed by atoms with E-state index in [1.807, 2.05) is 0 Å². The summed E-state index contributed by atoms with van der Waals surface area (Å²) in [6, 6.07) is -0.548. The summed E-state index contributed by atoms with van der Waals surface area (Å²) >= 11 is 0. The summed E-state index contributed by atoms with van der Waals surface area (Å²) in [6.45, 7) is 4.94. The van der Waals surface area contributed by atoms with Crippen LogP contribution in [0.4, 0.5) is 0 Å². The number of nitrogens with one attached hydrogen (secondary N) is 1. The second-order valence-corrected chi connectivity index (χ2v) is 23.5. The summed E-state index contributed by atoms with van der Waals surface area (Å²) in [4.78, 5) is 24.6. The number of carbonyl (C=O) groups is 2. The lowest BCUT2D eigenvalue weighted by molar-refractivity contribution is -0.143. The molecule has 0 aromatic rings. The van der Waals surface area contributed by atoms with Crippen LogP contribution >= 0.6 is 0 Å². The Hall–Kier alpha value is -2.18. The molecule has 0 aromatic heterocycles. The zero-order chi connectivity index (χ0) is 55.7. The molecule has 0 saturated carbocycles. The summed E-state index contributed by atoms with van der Waals surface area (Å²) in [7, 11) is 0. The number of amides is 1. The largest absolute Gasteiger partial charge is 0.466 e. The molecule has 0 aromatic carbocycles. The highest BCUT2D eigenvalue weighted by atomic mass is 16.5. The predicted molar refractivity (Wildman–Crippen MR) is 338 cm³/mol. The number of unbranched alkanes of at least 4 members (excludes halogenated alkanes) is 45. The van der Waals surface area contributed by atoms with Crippen LogP contribution in [0, 0.1) is 0 Å². The Morgan fingerprint density at radius 2 is 0.649 bits per heavy atom. The normalized spacial score (nSPS) is 12.8. The number of esters is 1. The van der Waals surface area contributed by atoms with Gasteiger partial charge in [-0.1, -0.05) is 313 Å². The lowest BCUT2D eigenvalue weighted by Gasteiger charge is -2.22. The number of rotatable bonds is 64. The van der Waals surface area contributed by atoms with Crippen molar-refractivity contribution in [3.63, 3.8) is 0 Å². The molecule has 0 heterocycles. The first-order valence-electron chi connectivity index (χ1n) is 34.4. The number of aliphatic hydroxyl groups is 2. The lowest BCUT2D eigenvalue weighted by Crippen LogP contribution is -2.45. The first-order chi connectivity index (χ1) is 38.0. The van der Waals surface area contributed by atoms with Crippen LogP contribution in [0.3, 0.4) is 0 Å². The molecule has 2 unspecified atom stereocenters. The van der Waals surface area contributed by atoms with Crippen molar-refractivity contribution in [3.8, 4) is 0 Å². The highest BCUT2D eigenvalue weighted by molar-refractivity contribution is 5.76. The molecule has 1 amide bonds. The zero-order valence-corrected chi connectivity index (χ0v) is 51.7. The second kappa shape index (κ2) is 66.3. The smallest absolute Gasteiger partial charge is 0.305 e. The maximum Gasteiger partial charge on any atom is 0.305 e. The first-order valence-corrected chi connectivity index (χ1v) is 34.4.